The minimum absolute atomic E-state index is 0.301. The Balaban J connectivity index is 1.57. The highest BCUT2D eigenvalue weighted by atomic mass is 16.5. The number of rotatable bonds is 9. The Hall–Kier alpha value is -2.63. The van der Waals surface area contributed by atoms with Gasteiger partial charge in [0.2, 0.25) is 5.89 Å². The van der Waals surface area contributed by atoms with Gasteiger partial charge in [-0.15, -0.1) is 0 Å². The van der Waals surface area contributed by atoms with Crippen molar-refractivity contribution >= 4 is 16.5 Å². The quantitative estimate of drug-likeness (QED) is 0.558. The van der Waals surface area contributed by atoms with Crippen LogP contribution in [0, 0.1) is 0 Å². The third-order valence-electron chi connectivity index (χ3n) is 3.91. The van der Waals surface area contributed by atoms with Crippen molar-refractivity contribution in [1.29, 1.82) is 0 Å². The summed E-state index contributed by atoms with van der Waals surface area (Å²) in [5, 5.41) is 1.07. The molecule has 0 radical (unpaired) electrons. The summed E-state index contributed by atoms with van der Waals surface area (Å²) in [4.78, 5) is 4.31. The maximum absolute atomic E-state index is 5.83. The van der Waals surface area contributed by atoms with Crippen molar-refractivity contribution in [1.82, 2.24) is 4.98 Å². The van der Waals surface area contributed by atoms with Crippen LogP contribution in [0.15, 0.2) is 63.6 Å². The first-order chi connectivity index (χ1) is 12.8. The standard InChI is InChI=1S/C21H24N2O3/c1-2-7-16(8-5-6-11-22)20-13-23-21(26-20)15-24-14-18-12-17-9-3-4-10-19(17)25-18/h3-7,9-10,12-13H,2,8,11,14-15,22H2,1H3/b6-5-,16-7+. The second-order valence-electron chi connectivity index (χ2n) is 5.91. The Labute approximate surface area is 153 Å². The van der Waals surface area contributed by atoms with Crippen LogP contribution in [0.25, 0.3) is 16.5 Å². The van der Waals surface area contributed by atoms with Gasteiger partial charge in [-0.3, -0.25) is 0 Å². The molecule has 0 saturated carbocycles. The fourth-order valence-electron chi connectivity index (χ4n) is 2.71. The lowest BCUT2D eigenvalue weighted by Crippen LogP contribution is -1.93. The number of oxazole rings is 1. The summed E-state index contributed by atoms with van der Waals surface area (Å²) in [6.07, 6.45) is 9.58. The topological polar surface area (TPSA) is 74.4 Å². The molecule has 0 atom stereocenters. The van der Waals surface area contributed by atoms with Crippen LogP contribution in [-0.4, -0.2) is 11.5 Å². The first kappa shape index (κ1) is 18.2. The maximum atomic E-state index is 5.83. The fraction of sp³-hybridized carbons (Fsp3) is 0.286. The third kappa shape index (κ3) is 4.71. The molecule has 0 spiro atoms. The summed E-state index contributed by atoms with van der Waals surface area (Å²) in [6.45, 7) is 3.31. The highest BCUT2D eigenvalue weighted by Gasteiger charge is 2.09. The summed E-state index contributed by atoms with van der Waals surface area (Å²) >= 11 is 0. The van der Waals surface area contributed by atoms with Crippen LogP contribution in [0.2, 0.25) is 0 Å². The van der Waals surface area contributed by atoms with Crippen molar-refractivity contribution in [2.75, 3.05) is 6.54 Å². The lowest BCUT2D eigenvalue weighted by atomic mass is 10.1. The minimum Gasteiger partial charge on any atom is -0.459 e. The predicted molar refractivity (Wildman–Crippen MR) is 102 cm³/mol. The molecular formula is C21H24N2O3. The van der Waals surface area contributed by atoms with Crippen molar-refractivity contribution in [3.63, 3.8) is 0 Å². The van der Waals surface area contributed by atoms with E-state index in [4.69, 9.17) is 19.3 Å². The van der Waals surface area contributed by atoms with E-state index in [1.54, 1.807) is 6.20 Å². The fourth-order valence-corrected chi connectivity index (χ4v) is 2.71. The number of hydrogen-bond donors (Lipinski definition) is 1. The van der Waals surface area contributed by atoms with Crippen LogP contribution in [0.3, 0.4) is 0 Å². The van der Waals surface area contributed by atoms with E-state index in [9.17, 15) is 0 Å². The van der Waals surface area contributed by atoms with Gasteiger partial charge in [0.05, 0.1) is 6.20 Å². The molecule has 2 N–H and O–H groups in total. The second kappa shape index (κ2) is 9.17. The molecule has 0 aliphatic rings. The van der Waals surface area contributed by atoms with Crippen molar-refractivity contribution in [2.24, 2.45) is 5.73 Å². The lowest BCUT2D eigenvalue weighted by molar-refractivity contribution is 0.0780. The molecule has 0 saturated heterocycles. The van der Waals surface area contributed by atoms with Crippen LogP contribution in [0.1, 0.15) is 37.2 Å². The average molecular weight is 352 g/mol. The summed E-state index contributed by atoms with van der Waals surface area (Å²) < 4.78 is 17.2. The molecule has 0 amide bonds. The smallest absolute Gasteiger partial charge is 0.220 e. The van der Waals surface area contributed by atoms with E-state index in [0.717, 1.165) is 40.9 Å². The van der Waals surface area contributed by atoms with Crippen LogP contribution in [-0.2, 0) is 18.0 Å². The Kier molecular flexibility index (Phi) is 6.41. The van der Waals surface area contributed by atoms with Crippen LogP contribution >= 0.6 is 0 Å². The Bertz CT molecular complexity index is 856. The first-order valence-electron chi connectivity index (χ1n) is 8.84. The number of fused-ring (bicyclic) bond motifs is 1. The molecule has 2 heterocycles. The van der Waals surface area contributed by atoms with E-state index < -0.39 is 0 Å². The van der Waals surface area contributed by atoms with E-state index in [-0.39, 0.29) is 0 Å². The van der Waals surface area contributed by atoms with Crippen LogP contribution < -0.4 is 5.73 Å². The number of nitrogens with two attached hydrogens (primary N) is 1. The number of nitrogens with zero attached hydrogens (tertiary/aromatic N) is 1. The van der Waals surface area contributed by atoms with Crippen molar-refractivity contribution in [3.8, 4) is 0 Å². The Morgan fingerprint density at radius 1 is 1.19 bits per heavy atom. The molecule has 0 bridgehead atoms. The van der Waals surface area contributed by atoms with E-state index in [2.05, 4.69) is 18.0 Å². The number of ether oxygens (including phenoxy) is 1. The zero-order chi connectivity index (χ0) is 18.2. The van der Waals surface area contributed by atoms with Gasteiger partial charge in [-0.1, -0.05) is 43.4 Å². The molecule has 26 heavy (non-hydrogen) atoms. The largest absolute Gasteiger partial charge is 0.459 e. The molecule has 5 nitrogen and oxygen atoms in total. The number of aromatic nitrogens is 1. The SMILES string of the molecule is CC/C=C(\C/C=C\CN)c1cnc(COCc2cc3ccccc3o2)o1. The molecule has 3 rings (SSSR count). The maximum Gasteiger partial charge on any atom is 0.220 e. The molecule has 5 heteroatoms. The molecule has 0 fully saturated rings. The van der Waals surface area contributed by atoms with Gasteiger partial charge in [-0.25, -0.2) is 4.98 Å². The van der Waals surface area contributed by atoms with Crippen LogP contribution in [0.5, 0.6) is 0 Å². The highest BCUT2D eigenvalue weighted by molar-refractivity contribution is 5.77. The second-order valence-corrected chi connectivity index (χ2v) is 5.91. The minimum atomic E-state index is 0.301. The van der Waals surface area contributed by atoms with Crippen molar-refractivity contribution < 1.29 is 13.6 Å². The number of benzene rings is 1. The van der Waals surface area contributed by atoms with Gasteiger partial charge in [-0.05, 0) is 30.5 Å². The normalized spacial score (nSPS) is 12.5. The van der Waals surface area contributed by atoms with Gasteiger partial charge in [0.25, 0.3) is 0 Å². The van der Waals surface area contributed by atoms with E-state index in [0.29, 0.717) is 25.6 Å². The molecule has 2 aromatic heterocycles. The Morgan fingerprint density at radius 2 is 2.08 bits per heavy atom. The predicted octanol–water partition coefficient (Wildman–Crippen LogP) is 4.84. The summed E-state index contributed by atoms with van der Waals surface area (Å²) in [6, 6.07) is 9.89. The van der Waals surface area contributed by atoms with E-state index in [1.807, 2.05) is 42.5 Å². The number of allylic oxidation sites excluding steroid dienone is 3. The van der Waals surface area contributed by atoms with Crippen molar-refractivity contribution in [2.45, 2.75) is 33.0 Å². The first-order valence-corrected chi connectivity index (χ1v) is 8.84. The van der Waals surface area contributed by atoms with Crippen LogP contribution in [0.4, 0.5) is 0 Å². The zero-order valence-electron chi connectivity index (χ0n) is 15.0. The average Bonchev–Trinajstić information content (AvgIpc) is 3.27. The van der Waals surface area contributed by atoms with Gasteiger partial charge >= 0.3 is 0 Å². The molecule has 0 aliphatic heterocycles. The van der Waals surface area contributed by atoms with E-state index >= 15 is 0 Å². The van der Waals surface area contributed by atoms with Crippen molar-refractivity contribution in [3.05, 3.63) is 72.2 Å². The molecule has 1 aromatic carbocycles. The monoisotopic (exact) mass is 352 g/mol. The summed E-state index contributed by atoms with van der Waals surface area (Å²) in [7, 11) is 0. The van der Waals surface area contributed by atoms with E-state index in [1.165, 1.54) is 0 Å². The van der Waals surface area contributed by atoms with Gasteiger partial charge in [0.1, 0.15) is 24.6 Å². The molecule has 136 valence electrons. The molecule has 0 aliphatic carbocycles. The highest BCUT2D eigenvalue weighted by Crippen LogP contribution is 2.22. The summed E-state index contributed by atoms with van der Waals surface area (Å²) in [5.74, 6) is 2.12. The number of hydrogen-bond acceptors (Lipinski definition) is 5. The Morgan fingerprint density at radius 3 is 2.88 bits per heavy atom. The van der Waals surface area contributed by atoms with Gasteiger partial charge in [-0.2, -0.15) is 0 Å². The molecular weight excluding hydrogens is 328 g/mol. The number of para-hydroxylation sites is 1. The van der Waals surface area contributed by atoms with Gasteiger partial charge in [0.15, 0.2) is 5.76 Å². The molecule has 0 unspecified atom stereocenters. The van der Waals surface area contributed by atoms with Gasteiger partial charge < -0.3 is 19.3 Å². The summed E-state index contributed by atoms with van der Waals surface area (Å²) in [5.41, 5.74) is 7.46. The number of furan rings is 1. The van der Waals surface area contributed by atoms with Gasteiger partial charge in [0, 0.05) is 11.9 Å². The molecule has 3 aromatic rings. The zero-order valence-corrected chi connectivity index (χ0v) is 15.0. The lowest BCUT2D eigenvalue weighted by Gasteiger charge is -2.01. The third-order valence-corrected chi connectivity index (χ3v) is 3.91.